The van der Waals surface area contributed by atoms with Gasteiger partial charge in [-0.05, 0) is 30.9 Å². The first kappa shape index (κ1) is 17.2. The topological polar surface area (TPSA) is 64.6 Å². The number of nitrogens with one attached hydrogen (secondary N) is 1. The minimum absolute atomic E-state index is 0.0232. The van der Waals surface area contributed by atoms with Crippen LogP contribution in [0.4, 0.5) is 4.39 Å². The molecule has 23 heavy (non-hydrogen) atoms. The molecule has 6 heteroatoms. The van der Waals surface area contributed by atoms with Gasteiger partial charge in [0.1, 0.15) is 0 Å². The van der Waals surface area contributed by atoms with Crippen LogP contribution in [0.5, 0.6) is 5.75 Å². The maximum absolute atomic E-state index is 13.3. The van der Waals surface area contributed by atoms with Crippen molar-refractivity contribution in [1.29, 1.82) is 0 Å². The van der Waals surface area contributed by atoms with Crippen LogP contribution in [0.3, 0.4) is 0 Å². The number of esters is 1. The largest absolute Gasteiger partial charge is 0.479 e. The third-order valence-electron chi connectivity index (χ3n) is 4.00. The highest BCUT2D eigenvalue weighted by atomic mass is 19.1. The smallest absolute Gasteiger partial charge is 0.344 e. The Kier molecular flexibility index (Phi) is 6.38. The summed E-state index contributed by atoms with van der Waals surface area (Å²) >= 11 is 0. The summed E-state index contributed by atoms with van der Waals surface area (Å²) in [4.78, 5) is 23.3. The van der Waals surface area contributed by atoms with Crippen LogP contribution < -0.4 is 10.1 Å². The fraction of sp³-hybridized carbons (Fsp3) is 0.529. The summed E-state index contributed by atoms with van der Waals surface area (Å²) in [7, 11) is 0. The Labute approximate surface area is 135 Å². The number of amides is 1. The molecule has 1 aromatic carbocycles. The lowest BCUT2D eigenvalue weighted by Gasteiger charge is -2.29. The predicted octanol–water partition coefficient (Wildman–Crippen LogP) is 2.44. The van der Waals surface area contributed by atoms with Crippen molar-refractivity contribution in [2.75, 3.05) is 13.2 Å². The van der Waals surface area contributed by atoms with Gasteiger partial charge in [0.25, 0.3) is 5.91 Å². The molecule has 1 fully saturated rings. The summed E-state index contributed by atoms with van der Waals surface area (Å²) in [6.45, 7) is 1.33. The number of hydrogen-bond donors (Lipinski definition) is 1. The lowest BCUT2D eigenvalue weighted by molar-refractivity contribution is -0.150. The second-order valence-corrected chi connectivity index (χ2v) is 5.82. The third-order valence-corrected chi connectivity index (χ3v) is 4.00. The van der Waals surface area contributed by atoms with Crippen LogP contribution in [0.15, 0.2) is 24.3 Å². The van der Waals surface area contributed by atoms with Gasteiger partial charge in [0, 0.05) is 6.04 Å². The molecule has 1 aromatic rings. The van der Waals surface area contributed by atoms with Crippen LogP contribution in [-0.2, 0) is 14.3 Å². The monoisotopic (exact) mass is 323 g/mol. The molecule has 1 aliphatic rings. The van der Waals surface area contributed by atoms with Crippen molar-refractivity contribution < 1.29 is 23.5 Å². The molecular formula is C17H22FNO4. The van der Waals surface area contributed by atoms with Gasteiger partial charge in [-0.2, -0.15) is 0 Å². The van der Waals surface area contributed by atoms with E-state index in [1.54, 1.807) is 6.07 Å². The van der Waals surface area contributed by atoms with E-state index in [1.165, 1.54) is 24.6 Å². The normalized spacial score (nSPS) is 20.6. The number of carbonyl (C=O) groups excluding carboxylic acids is 2. The van der Waals surface area contributed by atoms with Gasteiger partial charge in [0.05, 0.1) is 0 Å². The summed E-state index contributed by atoms with van der Waals surface area (Å²) in [6.07, 6.45) is 4.35. The van der Waals surface area contributed by atoms with Gasteiger partial charge in [-0.15, -0.1) is 0 Å². The van der Waals surface area contributed by atoms with Gasteiger partial charge in [-0.25, -0.2) is 9.18 Å². The third kappa shape index (κ3) is 5.54. The van der Waals surface area contributed by atoms with E-state index in [-0.39, 0.29) is 24.3 Å². The maximum Gasteiger partial charge on any atom is 0.344 e. The second-order valence-electron chi connectivity index (χ2n) is 5.82. The Balaban J connectivity index is 1.67. The van der Waals surface area contributed by atoms with Crippen molar-refractivity contribution in [2.24, 2.45) is 5.92 Å². The van der Waals surface area contributed by atoms with Gasteiger partial charge >= 0.3 is 5.97 Å². The van der Waals surface area contributed by atoms with Gasteiger partial charge in [-0.3, -0.25) is 4.79 Å². The molecule has 0 bridgehead atoms. The Bertz CT molecular complexity index is 549. The molecule has 2 rings (SSSR count). The minimum atomic E-state index is -0.708. The standard InChI is InChI=1S/C17H22FNO4/c1-12-6-2-4-8-14(12)19-16(20)10-23-17(21)11-22-15-9-5-3-7-13(15)18/h3,5,7,9,12,14H,2,4,6,8,10-11H2,1H3,(H,19,20)/t12-,14+/m0/s1. The fourth-order valence-corrected chi connectivity index (χ4v) is 2.67. The maximum atomic E-state index is 13.3. The molecule has 0 heterocycles. The summed E-state index contributed by atoms with van der Waals surface area (Å²) < 4.78 is 23.2. The Morgan fingerprint density at radius 3 is 2.70 bits per heavy atom. The first-order valence-corrected chi connectivity index (χ1v) is 7.88. The van der Waals surface area contributed by atoms with Gasteiger partial charge in [0.2, 0.25) is 0 Å². The molecule has 1 N–H and O–H groups in total. The predicted molar refractivity (Wildman–Crippen MR) is 82.4 cm³/mol. The molecule has 2 atom stereocenters. The molecule has 1 aliphatic carbocycles. The number of ether oxygens (including phenoxy) is 2. The van der Waals surface area contributed by atoms with E-state index in [4.69, 9.17) is 9.47 Å². The number of halogens is 1. The minimum Gasteiger partial charge on any atom is -0.479 e. The molecular weight excluding hydrogens is 301 g/mol. The lowest BCUT2D eigenvalue weighted by atomic mass is 9.86. The second kappa shape index (κ2) is 8.50. The van der Waals surface area contributed by atoms with E-state index in [2.05, 4.69) is 12.2 Å². The molecule has 0 saturated heterocycles. The molecule has 1 amide bonds. The van der Waals surface area contributed by atoms with E-state index in [9.17, 15) is 14.0 Å². The quantitative estimate of drug-likeness (QED) is 0.817. The van der Waals surface area contributed by atoms with Gasteiger partial charge in [0.15, 0.2) is 24.8 Å². The lowest BCUT2D eigenvalue weighted by Crippen LogP contribution is -2.43. The highest BCUT2D eigenvalue weighted by molar-refractivity contribution is 5.81. The Morgan fingerprint density at radius 1 is 1.22 bits per heavy atom. The molecule has 0 unspecified atom stereocenters. The van der Waals surface area contributed by atoms with Crippen LogP contribution in [0.25, 0.3) is 0 Å². The number of benzene rings is 1. The zero-order valence-corrected chi connectivity index (χ0v) is 13.2. The number of para-hydroxylation sites is 1. The first-order valence-electron chi connectivity index (χ1n) is 7.88. The van der Waals surface area contributed by atoms with Crippen molar-refractivity contribution in [1.82, 2.24) is 5.32 Å². The molecule has 0 aliphatic heterocycles. The summed E-state index contributed by atoms with van der Waals surface area (Å²) in [5, 5.41) is 2.89. The van der Waals surface area contributed by atoms with Crippen LogP contribution >= 0.6 is 0 Å². The van der Waals surface area contributed by atoms with Gasteiger partial charge < -0.3 is 14.8 Å². The van der Waals surface area contributed by atoms with Crippen LogP contribution in [-0.4, -0.2) is 31.1 Å². The van der Waals surface area contributed by atoms with E-state index in [0.29, 0.717) is 5.92 Å². The molecule has 0 aromatic heterocycles. The van der Waals surface area contributed by atoms with E-state index >= 15 is 0 Å². The zero-order chi connectivity index (χ0) is 16.7. The summed E-state index contributed by atoms with van der Waals surface area (Å²) in [5.74, 6) is -1.16. The SMILES string of the molecule is C[C@H]1CCCC[C@H]1NC(=O)COC(=O)COc1ccccc1F. The highest BCUT2D eigenvalue weighted by Crippen LogP contribution is 2.23. The van der Waals surface area contributed by atoms with E-state index < -0.39 is 18.4 Å². The van der Waals surface area contributed by atoms with Gasteiger partial charge in [-0.1, -0.05) is 31.9 Å². The number of rotatable bonds is 6. The Morgan fingerprint density at radius 2 is 1.96 bits per heavy atom. The highest BCUT2D eigenvalue weighted by Gasteiger charge is 2.23. The van der Waals surface area contributed by atoms with E-state index in [0.717, 1.165) is 19.3 Å². The number of hydrogen-bond acceptors (Lipinski definition) is 4. The van der Waals surface area contributed by atoms with Crippen molar-refractivity contribution >= 4 is 11.9 Å². The molecule has 0 spiro atoms. The van der Waals surface area contributed by atoms with Crippen LogP contribution in [0.2, 0.25) is 0 Å². The molecule has 126 valence electrons. The van der Waals surface area contributed by atoms with Crippen molar-refractivity contribution in [3.63, 3.8) is 0 Å². The summed E-state index contributed by atoms with van der Waals surface area (Å²) in [6, 6.07) is 5.92. The summed E-state index contributed by atoms with van der Waals surface area (Å²) in [5.41, 5.74) is 0. The number of carbonyl (C=O) groups is 2. The van der Waals surface area contributed by atoms with Crippen LogP contribution in [0, 0.1) is 11.7 Å². The first-order chi connectivity index (χ1) is 11.1. The van der Waals surface area contributed by atoms with Crippen molar-refractivity contribution in [3.8, 4) is 5.75 Å². The van der Waals surface area contributed by atoms with E-state index in [1.807, 2.05) is 0 Å². The molecule has 0 radical (unpaired) electrons. The molecule has 5 nitrogen and oxygen atoms in total. The fourth-order valence-electron chi connectivity index (χ4n) is 2.67. The average molecular weight is 323 g/mol. The average Bonchev–Trinajstić information content (AvgIpc) is 2.54. The molecule has 1 saturated carbocycles. The van der Waals surface area contributed by atoms with Crippen LogP contribution in [0.1, 0.15) is 32.6 Å². The van der Waals surface area contributed by atoms with Crippen molar-refractivity contribution in [2.45, 2.75) is 38.6 Å². The zero-order valence-electron chi connectivity index (χ0n) is 13.2. The van der Waals surface area contributed by atoms with Crippen molar-refractivity contribution in [3.05, 3.63) is 30.1 Å². The Hall–Kier alpha value is -2.11.